The molecule has 164 valence electrons. The minimum absolute atomic E-state index is 0.0914. The van der Waals surface area contributed by atoms with E-state index >= 15 is 0 Å². The Bertz CT molecular complexity index is 1270. The number of nitrogens with one attached hydrogen (secondary N) is 1. The second kappa shape index (κ2) is 9.53. The Kier molecular flexibility index (Phi) is 6.37. The summed E-state index contributed by atoms with van der Waals surface area (Å²) < 4.78 is 22.0. The molecule has 1 amide bonds. The number of hydrogen-bond donors (Lipinski definition) is 1. The SMILES string of the molecule is COCCC(=O)Nc1ccc2ccc(Oc3ccnc4cc(OC)c(OC)cc34)cc2c1. The van der Waals surface area contributed by atoms with Gasteiger partial charge in [-0.05, 0) is 47.2 Å². The topological polar surface area (TPSA) is 78.9 Å². The summed E-state index contributed by atoms with van der Waals surface area (Å²) >= 11 is 0. The summed E-state index contributed by atoms with van der Waals surface area (Å²) in [5, 5.41) is 5.69. The number of anilines is 1. The highest BCUT2D eigenvalue weighted by molar-refractivity contribution is 5.95. The lowest BCUT2D eigenvalue weighted by molar-refractivity contribution is -0.117. The first kappa shape index (κ1) is 21.4. The van der Waals surface area contributed by atoms with E-state index < -0.39 is 0 Å². The van der Waals surface area contributed by atoms with Crippen LogP contribution in [0.3, 0.4) is 0 Å². The van der Waals surface area contributed by atoms with Crippen LogP contribution in [-0.2, 0) is 9.53 Å². The number of carbonyl (C=O) groups excluding carboxylic acids is 1. The maximum atomic E-state index is 12.0. The van der Waals surface area contributed by atoms with Crippen LogP contribution < -0.4 is 19.5 Å². The lowest BCUT2D eigenvalue weighted by Gasteiger charge is -2.13. The number of aromatic nitrogens is 1. The first-order valence-corrected chi connectivity index (χ1v) is 10.1. The number of carbonyl (C=O) groups is 1. The maximum absolute atomic E-state index is 12.0. The molecule has 4 aromatic rings. The molecule has 4 rings (SSSR count). The third kappa shape index (κ3) is 4.58. The summed E-state index contributed by atoms with van der Waals surface area (Å²) in [6.07, 6.45) is 2.00. The van der Waals surface area contributed by atoms with Gasteiger partial charge < -0.3 is 24.3 Å². The van der Waals surface area contributed by atoms with E-state index in [0.29, 0.717) is 36.0 Å². The zero-order valence-electron chi connectivity index (χ0n) is 18.2. The van der Waals surface area contributed by atoms with Crippen molar-refractivity contribution in [2.24, 2.45) is 0 Å². The number of amides is 1. The number of pyridine rings is 1. The second-order valence-corrected chi connectivity index (χ2v) is 7.15. The van der Waals surface area contributed by atoms with E-state index in [2.05, 4.69) is 10.3 Å². The van der Waals surface area contributed by atoms with E-state index in [1.165, 1.54) is 0 Å². The highest BCUT2D eigenvalue weighted by Crippen LogP contribution is 2.37. The van der Waals surface area contributed by atoms with Gasteiger partial charge in [0.2, 0.25) is 5.91 Å². The zero-order valence-corrected chi connectivity index (χ0v) is 18.2. The maximum Gasteiger partial charge on any atom is 0.226 e. The summed E-state index contributed by atoms with van der Waals surface area (Å²) in [4.78, 5) is 16.4. The molecule has 0 aliphatic carbocycles. The number of ether oxygens (including phenoxy) is 4. The van der Waals surface area contributed by atoms with Gasteiger partial charge in [0.15, 0.2) is 11.5 Å². The van der Waals surface area contributed by atoms with Gasteiger partial charge in [-0.3, -0.25) is 9.78 Å². The number of hydrogen-bond acceptors (Lipinski definition) is 6. The molecule has 0 aliphatic rings. The number of rotatable bonds is 8. The Morgan fingerprint density at radius 2 is 1.66 bits per heavy atom. The Hall–Kier alpha value is -3.84. The van der Waals surface area contributed by atoms with E-state index in [0.717, 1.165) is 27.4 Å². The van der Waals surface area contributed by atoms with Gasteiger partial charge in [0.05, 0.1) is 32.8 Å². The van der Waals surface area contributed by atoms with Crippen molar-refractivity contribution >= 4 is 33.3 Å². The van der Waals surface area contributed by atoms with Crippen LogP contribution in [-0.4, -0.2) is 38.8 Å². The van der Waals surface area contributed by atoms with Crippen LogP contribution in [0.2, 0.25) is 0 Å². The lowest BCUT2D eigenvalue weighted by atomic mass is 10.1. The van der Waals surface area contributed by atoms with Crippen LogP contribution in [0.4, 0.5) is 5.69 Å². The average molecular weight is 432 g/mol. The predicted octanol–water partition coefficient (Wildman–Crippen LogP) is 5.17. The van der Waals surface area contributed by atoms with Crippen LogP contribution in [0.25, 0.3) is 21.7 Å². The molecule has 0 saturated heterocycles. The molecule has 0 unspecified atom stereocenters. The molecule has 0 atom stereocenters. The quantitative estimate of drug-likeness (QED) is 0.414. The van der Waals surface area contributed by atoms with Gasteiger partial charge >= 0.3 is 0 Å². The van der Waals surface area contributed by atoms with Crippen molar-refractivity contribution in [1.82, 2.24) is 4.98 Å². The van der Waals surface area contributed by atoms with Crippen molar-refractivity contribution in [3.63, 3.8) is 0 Å². The number of nitrogens with zero attached hydrogens (tertiary/aromatic N) is 1. The van der Waals surface area contributed by atoms with Gasteiger partial charge in [-0.25, -0.2) is 0 Å². The lowest BCUT2D eigenvalue weighted by Crippen LogP contribution is -2.13. The third-order valence-electron chi connectivity index (χ3n) is 5.06. The normalized spacial score (nSPS) is 10.8. The first-order valence-electron chi connectivity index (χ1n) is 10.1. The molecule has 1 aromatic heterocycles. The summed E-state index contributed by atoms with van der Waals surface area (Å²) in [5.74, 6) is 2.44. The summed E-state index contributed by atoms with van der Waals surface area (Å²) in [6, 6.07) is 17.1. The van der Waals surface area contributed by atoms with Crippen LogP contribution >= 0.6 is 0 Å². The van der Waals surface area contributed by atoms with E-state index in [-0.39, 0.29) is 5.91 Å². The van der Waals surface area contributed by atoms with Crippen LogP contribution in [0.5, 0.6) is 23.0 Å². The highest BCUT2D eigenvalue weighted by atomic mass is 16.5. The minimum Gasteiger partial charge on any atom is -0.493 e. The van der Waals surface area contributed by atoms with Gasteiger partial charge in [-0.1, -0.05) is 12.1 Å². The monoisotopic (exact) mass is 432 g/mol. The van der Waals surface area contributed by atoms with Crippen molar-refractivity contribution in [2.75, 3.05) is 33.3 Å². The van der Waals surface area contributed by atoms with Gasteiger partial charge in [-0.15, -0.1) is 0 Å². The fraction of sp³-hybridized carbons (Fsp3) is 0.200. The summed E-state index contributed by atoms with van der Waals surface area (Å²) in [5.41, 5.74) is 1.46. The minimum atomic E-state index is -0.0914. The van der Waals surface area contributed by atoms with Crippen molar-refractivity contribution < 1.29 is 23.7 Å². The molecule has 0 aliphatic heterocycles. The fourth-order valence-corrected chi connectivity index (χ4v) is 3.45. The molecule has 0 spiro atoms. The van der Waals surface area contributed by atoms with E-state index in [1.54, 1.807) is 27.5 Å². The molecule has 1 heterocycles. The van der Waals surface area contributed by atoms with E-state index in [4.69, 9.17) is 18.9 Å². The predicted molar refractivity (Wildman–Crippen MR) is 124 cm³/mol. The molecule has 1 N–H and O–H groups in total. The summed E-state index contributed by atoms with van der Waals surface area (Å²) in [6.45, 7) is 0.383. The van der Waals surface area contributed by atoms with E-state index in [1.807, 2.05) is 54.6 Å². The van der Waals surface area contributed by atoms with Crippen LogP contribution in [0.1, 0.15) is 6.42 Å². The van der Waals surface area contributed by atoms with Crippen molar-refractivity contribution in [2.45, 2.75) is 6.42 Å². The smallest absolute Gasteiger partial charge is 0.226 e. The van der Waals surface area contributed by atoms with Crippen LogP contribution in [0.15, 0.2) is 60.8 Å². The largest absolute Gasteiger partial charge is 0.493 e. The molecule has 32 heavy (non-hydrogen) atoms. The standard InChI is InChI=1S/C25H24N2O5/c1-29-11-9-25(28)27-18-6-4-16-5-7-19(13-17(16)12-18)32-22-8-10-26-21-15-24(31-3)23(30-2)14-20(21)22/h4-8,10,12-15H,9,11H2,1-3H3,(H,27,28). The molecule has 0 saturated carbocycles. The Morgan fingerprint density at radius 3 is 2.44 bits per heavy atom. The molecular formula is C25H24N2O5. The molecule has 3 aromatic carbocycles. The van der Waals surface area contributed by atoms with Gasteiger partial charge in [0.25, 0.3) is 0 Å². The third-order valence-corrected chi connectivity index (χ3v) is 5.06. The fourth-order valence-electron chi connectivity index (χ4n) is 3.45. The number of fused-ring (bicyclic) bond motifs is 2. The zero-order chi connectivity index (χ0) is 22.5. The number of methoxy groups -OCH3 is 3. The first-order chi connectivity index (χ1) is 15.6. The van der Waals surface area contributed by atoms with Crippen molar-refractivity contribution in [3.8, 4) is 23.0 Å². The second-order valence-electron chi connectivity index (χ2n) is 7.15. The average Bonchev–Trinajstić information content (AvgIpc) is 2.81. The van der Waals surface area contributed by atoms with E-state index in [9.17, 15) is 4.79 Å². The summed E-state index contributed by atoms with van der Waals surface area (Å²) in [7, 11) is 4.76. The highest BCUT2D eigenvalue weighted by Gasteiger charge is 2.12. The Morgan fingerprint density at radius 1 is 0.875 bits per heavy atom. The Balaban J connectivity index is 1.64. The molecule has 0 fully saturated rings. The molecule has 0 radical (unpaired) electrons. The van der Waals surface area contributed by atoms with Gasteiger partial charge in [0.1, 0.15) is 11.5 Å². The van der Waals surface area contributed by atoms with Gasteiger partial charge in [0, 0.05) is 30.4 Å². The molecular weight excluding hydrogens is 408 g/mol. The Labute approximate surface area is 185 Å². The molecule has 7 heteroatoms. The number of benzene rings is 3. The van der Waals surface area contributed by atoms with Crippen molar-refractivity contribution in [1.29, 1.82) is 0 Å². The van der Waals surface area contributed by atoms with Gasteiger partial charge in [-0.2, -0.15) is 0 Å². The molecule has 7 nitrogen and oxygen atoms in total. The molecule has 0 bridgehead atoms. The van der Waals surface area contributed by atoms with Crippen LogP contribution in [0, 0.1) is 0 Å². The van der Waals surface area contributed by atoms with Crippen molar-refractivity contribution in [3.05, 3.63) is 60.8 Å².